The summed E-state index contributed by atoms with van der Waals surface area (Å²) in [7, 11) is 1.61. The number of esters is 1. The summed E-state index contributed by atoms with van der Waals surface area (Å²) in [6.45, 7) is 7.29. The summed E-state index contributed by atoms with van der Waals surface area (Å²) in [6.07, 6.45) is 7.17. The lowest BCUT2D eigenvalue weighted by Gasteiger charge is -2.41. The third kappa shape index (κ3) is 6.02. The number of hydrogen-bond acceptors (Lipinski definition) is 9. The highest BCUT2D eigenvalue weighted by molar-refractivity contribution is 5.87. The van der Waals surface area contributed by atoms with Crippen LogP contribution < -0.4 is 9.47 Å². The van der Waals surface area contributed by atoms with Gasteiger partial charge in [0.2, 0.25) is 11.8 Å². The normalized spacial score (nSPS) is 32.8. The Bertz CT molecular complexity index is 1410. The van der Waals surface area contributed by atoms with Crippen molar-refractivity contribution in [1.82, 2.24) is 14.9 Å². The summed E-state index contributed by atoms with van der Waals surface area (Å²) < 4.78 is 23.7. The van der Waals surface area contributed by atoms with Gasteiger partial charge in [-0.1, -0.05) is 26.7 Å². The number of rotatable bonds is 3. The van der Waals surface area contributed by atoms with Gasteiger partial charge in [-0.15, -0.1) is 0 Å². The van der Waals surface area contributed by atoms with Gasteiger partial charge < -0.3 is 28.6 Å². The highest BCUT2D eigenvalue weighted by atomic mass is 16.6. The predicted octanol–water partition coefficient (Wildman–Crippen LogP) is 4.69. The van der Waals surface area contributed by atoms with E-state index < -0.39 is 29.1 Å². The third-order valence-corrected chi connectivity index (χ3v) is 10.8. The summed E-state index contributed by atoms with van der Waals surface area (Å²) in [5.74, 6) is -0.00450. The van der Waals surface area contributed by atoms with Gasteiger partial charge in [0.05, 0.1) is 43.1 Å². The zero-order valence-corrected chi connectivity index (χ0v) is 26.4. The molecule has 2 saturated heterocycles. The fourth-order valence-electron chi connectivity index (χ4n) is 7.46. The van der Waals surface area contributed by atoms with Crippen LogP contribution in [0.5, 0.6) is 11.6 Å². The molecule has 3 aliphatic heterocycles. The summed E-state index contributed by atoms with van der Waals surface area (Å²) in [4.78, 5) is 51.8. The van der Waals surface area contributed by atoms with Gasteiger partial charge in [-0.05, 0) is 63.0 Å². The van der Waals surface area contributed by atoms with Gasteiger partial charge in [0.15, 0.2) is 0 Å². The molecular weight excluding hydrogens is 562 g/mol. The third-order valence-electron chi connectivity index (χ3n) is 10.8. The summed E-state index contributed by atoms with van der Waals surface area (Å²) >= 11 is 0. The molecule has 0 N–H and O–H groups in total. The van der Waals surface area contributed by atoms with Gasteiger partial charge in [0.25, 0.3) is 0 Å². The number of carbonyl (C=O) groups is 3. The number of aldehydes is 1. The van der Waals surface area contributed by atoms with Crippen LogP contribution >= 0.6 is 0 Å². The van der Waals surface area contributed by atoms with Crippen LogP contribution in [0.3, 0.4) is 0 Å². The average molecular weight is 608 g/mol. The van der Waals surface area contributed by atoms with E-state index in [9.17, 15) is 14.4 Å². The van der Waals surface area contributed by atoms with Crippen LogP contribution in [0.25, 0.3) is 11.0 Å². The predicted molar refractivity (Wildman–Crippen MR) is 162 cm³/mol. The molecule has 1 saturated carbocycles. The van der Waals surface area contributed by atoms with E-state index in [2.05, 4.69) is 6.92 Å². The molecule has 238 valence electrons. The number of ether oxygens (including phenoxy) is 4. The van der Waals surface area contributed by atoms with Crippen molar-refractivity contribution in [2.45, 2.75) is 96.3 Å². The molecule has 0 spiro atoms. The molecule has 1 aromatic heterocycles. The van der Waals surface area contributed by atoms with E-state index in [-0.39, 0.29) is 30.8 Å². The Hall–Kier alpha value is -3.27. The zero-order chi connectivity index (χ0) is 31.1. The Kier molecular flexibility index (Phi) is 8.56. The molecule has 4 aliphatic rings. The van der Waals surface area contributed by atoms with Crippen molar-refractivity contribution < 1.29 is 33.3 Å². The second-order valence-electron chi connectivity index (χ2n) is 13.8. The number of benzene rings is 1. The van der Waals surface area contributed by atoms with Crippen LogP contribution in [-0.4, -0.2) is 77.6 Å². The van der Waals surface area contributed by atoms with Gasteiger partial charge >= 0.3 is 5.97 Å². The summed E-state index contributed by atoms with van der Waals surface area (Å²) in [5.41, 5.74) is 1.28. The first-order chi connectivity index (χ1) is 21.1. The molecule has 44 heavy (non-hydrogen) atoms. The highest BCUT2D eigenvalue weighted by Gasteiger charge is 2.54. The largest absolute Gasteiger partial charge is 0.497 e. The van der Waals surface area contributed by atoms with E-state index in [4.69, 9.17) is 28.9 Å². The maximum atomic E-state index is 14.4. The van der Waals surface area contributed by atoms with Crippen LogP contribution in [0.4, 0.5) is 0 Å². The minimum Gasteiger partial charge on any atom is -0.497 e. The van der Waals surface area contributed by atoms with Gasteiger partial charge in [0.1, 0.15) is 29.4 Å². The molecular formula is C34H45N3O7. The second kappa shape index (κ2) is 12.3. The molecule has 4 heterocycles. The number of nitrogens with zero attached hydrogens (tertiary/aromatic N) is 3. The molecule has 0 radical (unpaired) electrons. The Morgan fingerprint density at radius 3 is 2.61 bits per heavy atom. The maximum absolute atomic E-state index is 14.4. The number of amides is 1. The monoisotopic (exact) mass is 607 g/mol. The molecule has 1 aliphatic carbocycles. The van der Waals surface area contributed by atoms with E-state index >= 15 is 0 Å². The number of aromatic nitrogens is 2. The molecule has 0 unspecified atom stereocenters. The van der Waals surface area contributed by atoms with E-state index in [1.165, 1.54) is 0 Å². The average Bonchev–Trinajstić information content (AvgIpc) is 3.53. The Morgan fingerprint density at radius 2 is 1.86 bits per heavy atom. The van der Waals surface area contributed by atoms with Crippen LogP contribution in [0.2, 0.25) is 0 Å². The Balaban J connectivity index is 1.35. The lowest BCUT2D eigenvalue weighted by Crippen LogP contribution is -2.49. The van der Waals surface area contributed by atoms with E-state index in [1.54, 1.807) is 12.0 Å². The first-order valence-electron chi connectivity index (χ1n) is 16.2. The number of fused-ring (bicyclic) bond motifs is 5. The van der Waals surface area contributed by atoms with Gasteiger partial charge in [-0.25, -0.2) is 9.97 Å². The molecule has 2 aromatic rings. The van der Waals surface area contributed by atoms with Gasteiger partial charge in [-0.2, -0.15) is 0 Å². The van der Waals surface area contributed by atoms with Gasteiger partial charge in [0, 0.05) is 31.1 Å². The minimum absolute atomic E-state index is 0.0121. The van der Waals surface area contributed by atoms with E-state index in [0.29, 0.717) is 55.5 Å². The lowest BCUT2D eigenvalue weighted by molar-refractivity contribution is -0.160. The smallest absolute Gasteiger partial charge is 0.307 e. The van der Waals surface area contributed by atoms with Crippen LogP contribution in [0.15, 0.2) is 18.2 Å². The fourth-order valence-corrected chi connectivity index (χ4v) is 7.46. The summed E-state index contributed by atoms with van der Waals surface area (Å²) in [5, 5.41) is 0. The standard InChI is InChI=1S/C34H45N3O7/c1-21-28(20-38)37-19-29(21)43-31-26(35-25-11-10-23(41-4)16-27(25)36-31)9-7-5-6-8-22-18-34(22,3)44-30(39)17-24(32(37)40)33(2)12-14-42-15-13-33/h10-11,16,20-22,24,28-29H,5-9,12-15,17-19H2,1-4H3/t21-,22+,24+,28+,29-,34+/m0/s1. The van der Waals surface area contributed by atoms with Crippen molar-refractivity contribution in [2.24, 2.45) is 23.2 Å². The van der Waals surface area contributed by atoms with Crippen LogP contribution in [0, 0.1) is 23.2 Å². The first-order valence-corrected chi connectivity index (χ1v) is 16.2. The fraction of sp³-hybridized carbons (Fsp3) is 0.676. The van der Waals surface area contributed by atoms with Crippen molar-refractivity contribution in [1.29, 1.82) is 0 Å². The topological polar surface area (TPSA) is 117 Å². The van der Waals surface area contributed by atoms with Crippen molar-refractivity contribution >= 4 is 29.2 Å². The molecule has 3 fully saturated rings. The molecule has 10 heteroatoms. The molecule has 6 atom stereocenters. The molecule has 1 aromatic carbocycles. The van der Waals surface area contributed by atoms with Crippen molar-refractivity contribution in [2.75, 3.05) is 26.9 Å². The maximum Gasteiger partial charge on any atom is 0.307 e. The number of methoxy groups -OCH3 is 1. The molecule has 2 bridgehead atoms. The van der Waals surface area contributed by atoms with Crippen molar-refractivity contribution in [3.05, 3.63) is 23.9 Å². The SMILES string of the molecule is COc1ccc2nc3c(nc2c1)O[C@H]1CN(C(=O)[C@H](C2(C)CCOCC2)CC(=O)O[C@]2(C)C[C@H]2CCCCC3)[C@H](C=O)[C@@H]1C. The van der Waals surface area contributed by atoms with Gasteiger partial charge in [-0.3, -0.25) is 9.59 Å². The van der Waals surface area contributed by atoms with Crippen molar-refractivity contribution in [3.8, 4) is 11.6 Å². The summed E-state index contributed by atoms with van der Waals surface area (Å²) in [6, 6.07) is 4.93. The number of carbonyl (C=O) groups excluding carboxylic acids is 3. The highest BCUT2D eigenvalue weighted by Crippen LogP contribution is 2.50. The Labute approximate surface area is 259 Å². The zero-order valence-electron chi connectivity index (χ0n) is 26.4. The van der Waals surface area contributed by atoms with E-state index in [1.807, 2.05) is 32.0 Å². The number of hydrogen-bond donors (Lipinski definition) is 0. The minimum atomic E-state index is -0.682. The van der Waals surface area contributed by atoms with Crippen molar-refractivity contribution in [3.63, 3.8) is 0 Å². The van der Waals surface area contributed by atoms with Crippen LogP contribution in [-0.2, 0) is 30.3 Å². The quantitative estimate of drug-likeness (QED) is 0.362. The molecule has 6 rings (SSSR count). The Morgan fingerprint density at radius 1 is 1.07 bits per heavy atom. The second-order valence-corrected chi connectivity index (χ2v) is 13.8. The molecule has 1 amide bonds. The number of aryl methyl sites for hydroxylation is 1. The van der Waals surface area contributed by atoms with E-state index in [0.717, 1.165) is 49.6 Å². The van der Waals surface area contributed by atoms with Crippen LogP contribution in [0.1, 0.15) is 77.8 Å². The first kappa shape index (κ1) is 30.7. The lowest BCUT2D eigenvalue weighted by atomic mass is 9.69. The molecule has 10 nitrogen and oxygen atoms in total.